The third-order valence-corrected chi connectivity index (χ3v) is 15.7. The van der Waals surface area contributed by atoms with Crippen molar-refractivity contribution in [3.05, 3.63) is 35.4 Å². The van der Waals surface area contributed by atoms with Gasteiger partial charge in [0.25, 0.3) is 0 Å². The molecule has 93 heavy (non-hydrogen) atoms. The summed E-state index contributed by atoms with van der Waals surface area (Å²) in [6, 6.07) is 2.88. The Balaban J connectivity index is 1.85. The van der Waals surface area contributed by atoms with Crippen molar-refractivity contribution in [2.75, 3.05) is 151 Å². The van der Waals surface area contributed by atoms with Crippen LogP contribution in [0.2, 0.25) is 0 Å². The molecule has 2 aliphatic rings. The maximum atomic E-state index is 14.1. The number of hydrogen-bond acceptors (Lipinski definition) is 22. The summed E-state index contributed by atoms with van der Waals surface area (Å²) in [6.07, 6.45) is -2.15. The molecule has 3 unspecified atom stereocenters. The van der Waals surface area contributed by atoms with Crippen LogP contribution in [0.4, 0.5) is 0 Å². The number of carbonyl (C=O) groups excluding carboxylic acids is 6. The van der Waals surface area contributed by atoms with Crippen molar-refractivity contribution >= 4 is 83.1 Å². The summed E-state index contributed by atoms with van der Waals surface area (Å²) >= 11 is 0. The Morgan fingerprint density at radius 1 is 0.419 bits per heavy atom. The van der Waals surface area contributed by atoms with E-state index in [-0.39, 0.29) is 163 Å². The zero-order chi connectivity index (χ0) is 69.2. The smallest absolute Gasteiger partial charge is 0.320 e. The molecular formula is C58H91N13O22. The number of nitrogens with zero attached hydrogens (tertiary/aromatic N) is 8. The van der Waals surface area contributed by atoms with E-state index in [2.05, 4.69) is 21.3 Å². The lowest BCUT2D eigenvalue weighted by Crippen LogP contribution is -2.52. The van der Waals surface area contributed by atoms with Gasteiger partial charge < -0.3 is 67.9 Å². The zero-order valence-corrected chi connectivity index (χ0v) is 52.4. The number of rotatable bonds is 37. The number of carboxylic acid groups (broad SMARTS) is 8. The summed E-state index contributed by atoms with van der Waals surface area (Å²) in [5.41, 5.74) is 6.42. The second kappa shape index (κ2) is 42.0. The Bertz CT molecular complexity index is 2640. The molecule has 0 spiro atoms. The van der Waals surface area contributed by atoms with Gasteiger partial charge in [-0.2, -0.15) is 0 Å². The molecule has 2 fully saturated rings. The summed E-state index contributed by atoms with van der Waals surface area (Å²) in [6.45, 7) is -1.24. The molecule has 0 aromatic heterocycles. The number of amides is 5. The minimum Gasteiger partial charge on any atom is -0.480 e. The molecule has 2 aliphatic heterocycles. The highest BCUT2D eigenvalue weighted by atomic mass is 16.4. The monoisotopic (exact) mass is 1320 g/mol. The Morgan fingerprint density at radius 2 is 0.742 bits per heavy atom. The van der Waals surface area contributed by atoms with Crippen LogP contribution in [0.25, 0.3) is 0 Å². The molecule has 4 atom stereocenters. The molecule has 3 rings (SSSR count). The fourth-order valence-corrected chi connectivity index (χ4v) is 10.7. The van der Waals surface area contributed by atoms with Gasteiger partial charge in [-0.05, 0) is 36.8 Å². The average molecular weight is 1320 g/mol. The number of Topliss-reactive ketones (excluding diaryl/α,β-unsaturated/α-hetero) is 1. The van der Waals surface area contributed by atoms with Crippen LogP contribution in [0.15, 0.2) is 24.3 Å². The van der Waals surface area contributed by atoms with Crippen molar-refractivity contribution in [3.63, 3.8) is 0 Å². The van der Waals surface area contributed by atoms with E-state index in [4.69, 9.17) is 5.73 Å². The molecule has 2 heterocycles. The predicted molar refractivity (Wildman–Crippen MR) is 326 cm³/mol. The van der Waals surface area contributed by atoms with Crippen molar-refractivity contribution in [3.8, 4) is 0 Å². The summed E-state index contributed by atoms with van der Waals surface area (Å²) in [5, 5.41) is 89.5. The van der Waals surface area contributed by atoms with Gasteiger partial charge in [-0.3, -0.25) is 106 Å². The number of primary amides is 1. The van der Waals surface area contributed by atoms with E-state index in [0.29, 0.717) is 11.1 Å². The molecule has 2 saturated heterocycles. The van der Waals surface area contributed by atoms with Crippen molar-refractivity contribution in [1.29, 1.82) is 0 Å². The molecule has 1 aromatic carbocycles. The summed E-state index contributed by atoms with van der Waals surface area (Å²) in [5.74, 6) is -14.5. The Labute approximate surface area is 537 Å². The van der Waals surface area contributed by atoms with Crippen LogP contribution in [0, 0.1) is 5.92 Å². The minimum absolute atomic E-state index is 0.00723. The maximum Gasteiger partial charge on any atom is 0.320 e. The van der Waals surface area contributed by atoms with Crippen LogP contribution in [-0.2, 0) is 80.2 Å². The first-order chi connectivity index (χ1) is 44.0. The summed E-state index contributed by atoms with van der Waals surface area (Å²) in [4.78, 5) is 187. The number of carbonyl (C=O) groups is 14. The quantitative estimate of drug-likeness (QED) is 0.0297. The second-order valence-corrected chi connectivity index (χ2v) is 23.0. The molecule has 14 N–H and O–H groups in total. The fraction of sp³-hybridized carbons (Fsp3) is 0.655. The molecule has 0 radical (unpaired) electrons. The number of hydrogen-bond donors (Lipinski definition) is 13. The minimum atomic E-state index is -1.37. The Hall–Kier alpha value is -8.32. The van der Waals surface area contributed by atoms with E-state index in [9.17, 15) is 108 Å². The number of carboxylic acids is 8. The average Bonchev–Trinajstić information content (AvgIpc) is 1.82. The number of benzene rings is 1. The van der Waals surface area contributed by atoms with Gasteiger partial charge in [0, 0.05) is 163 Å². The van der Waals surface area contributed by atoms with Crippen molar-refractivity contribution < 1.29 is 108 Å². The normalized spacial score (nSPS) is 17.6. The van der Waals surface area contributed by atoms with Crippen molar-refractivity contribution in [2.24, 2.45) is 11.7 Å². The van der Waals surface area contributed by atoms with Crippen LogP contribution in [0.1, 0.15) is 69.4 Å². The molecule has 0 aliphatic carbocycles. The molecule has 520 valence electrons. The van der Waals surface area contributed by atoms with Gasteiger partial charge in [-0.25, -0.2) is 0 Å². The van der Waals surface area contributed by atoms with E-state index in [0.717, 1.165) is 0 Å². The SMILES string of the molecule is CC(=O)NC(CCC(N)=O)C(=O)NCc1ccc(CNC(=O)[C@H](CCNC(=O)CCC(C(=O)O)N2CCN(CC(=O)O)CCN(CC(=O)O)CCN(CC(=O)O)CC2)CC(=O)CCC(C(=O)O)N2CCN(CC(=O)O)CCN(CC(=O)O)CCN(CC(=O)O)CC2)cc1. The number of nitrogens with one attached hydrogen (secondary N) is 4. The molecular weight excluding hydrogens is 1230 g/mol. The number of aliphatic carboxylic acids is 8. The summed E-state index contributed by atoms with van der Waals surface area (Å²) < 4.78 is 0. The van der Waals surface area contributed by atoms with Crippen molar-refractivity contribution in [1.82, 2.24) is 60.5 Å². The van der Waals surface area contributed by atoms with Gasteiger partial charge in [-0.15, -0.1) is 0 Å². The maximum absolute atomic E-state index is 14.1. The van der Waals surface area contributed by atoms with Crippen LogP contribution in [-0.4, -0.2) is 332 Å². The topological polar surface area (TPSA) is 501 Å². The highest BCUT2D eigenvalue weighted by Crippen LogP contribution is 2.18. The molecule has 35 heteroatoms. The first-order valence-corrected chi connectivity index (χ1v) is 30.5. The fourth-order valence-electron chi connectivity index (χ4n) is 10.7. The first-order valence-electron chi connectivity index (χ1n) is 30.5. The molecule has 0 bridgehead atoms. The zero-order valence-electron chi connectivity index (χ0n) is 52.4. The van der Waals surface area contributed by atoms with Crippen LogP contribution < -0.4 is 27.0 Å². The molecule has 5 amide bonds. The largest absolute Gasteiger partial charge is 0.480 e. The summed E-state index contributed by atoms with van der Waals surface area (Å²) in [7, 11) is 0. The lowest BCUT2D eigenvalue weighted by Gasteiger charge is -2.35. The Morgan fingerprint density at radius 3 is 1.05 bits per heavy atom. The number of ketones is 1. The van der Waals surface area contributed by atoms with Gasteiger partial charge in [0.05, 0.1) is 39.3 Å². The second-order valence-electron chi connectivity index (χ2n) is 23.0. The third-order valence-electron chi connectivity index (χ3n) is 15.7. The highest BCUT2D eigenvalue weighted by Gasteiger charge is 2.32. The molecule has 0 saturated carbocycles. The molecule has 35 nitrogen and oxygen atoms in total. The van der Waals surface area contributed by atoms with E-state index < -0.39 is 159 Å². The van der Waals surface area contributed by atoms with Gasteiger partial charge in [0.1, 0.15) is 23.9 Å². The van der Waals surface area contributed by atoms with Gasteiger partial charge in [0.2, 0.25) is 29.5 Å². The first kappa shape index (κ1) is 78.9. The van der Waals surface area contributed by atoms with Crippen LogP contribution in [0.3, 0.4) is 0 Å². The van der Waals surface area contributed by atoms with Crippen LogP contribution in [0.5, 0.6) is 0 Å². The number of nitrogens with two attached hydrogens (primary N) is 1. The Kier molecular flexibility index (Phi) is 35.7. The lowest BCUT2D eigenvalue weighted by molar-refractivity contribution is -0.145. The van der Waals surface area contributed by atoms with Gasteiger partial charge >= 0.3 is 47.8 Å². The predicted octanol–water partition coefficient (Wildman–Crippen LogP) is -4.81. The van der Waals surface area contributed by atoms with E-state index in [1.165, 1.54) is 36.3 Å². The van der Waals surface area contributed by atoms with E-state index in [1.54, 1.807) is 34.1 Å². The van der Waals surface area contributed by atoms with Crippen molar-refractivity contribution in [2.45, 2.75) is 89.5 Å². The highest BCUT2D eigenvalue weighted by molar-refractivity contribution is 5.88. The van der Waals surface area contributed by atoms with E-state index in [1.807, 2.05) is 0 Å². The standard InChI is InChI=1S/C58H91N13O22/c1-39(72)63-44(7-10-47(59)74)56(89)62-32-41-4-2-40(3-5-41)31-61-55(88)42(30-43(73)6-8-45(57(90)91)70-26-22-66(35-51(80)81)18-14-64(33-49(76)77)15-19-67(23-27-70)36-52(82)83)12-13-60-48(75)11-9-46(58(92)93)71-28-24-68(37-53(84)85)20-16-65(34-50(78)79)17-21-69(25-29-71)38-54(86)87/h2-5,42,44-46H,6-38H2,1H3,(H2,59,74)(H,60,75)(H,61,88)(H,62,89)(H,63,72)(H,76,77)(H,78,79)(H,80,81)(H,82,83)(H,84,85)(H,86,87)(H,90,91)(H,92,93)/t42-,44?,45?,46?/m1/s1. The van der Waals surface area contributed by atoms with E-state index >= 15 is 0 Å². The third kappa shape index (κ3) is 33.7. The van der Waals surface area contributed by atoms with Gasteiger partial charge in [-0.1, -0.05) is 24.3 Å². The lowest BCUT2D eigenvalue weighted by atomic mass is 9.94. The van der Waals surface area contributed by atoms with Gasteiger partial charge in [0.15, 0.2) is 0 Å². The van der Waals surface area contributed by atoms with Crippen LogP contribution >= 0.6 is 0 Å². The molecule has 1 aromatic rings.